The summed E-state index contributed by atoms with van der Waals surface area (Å²) in [7, 11) is -4.08. The molecule has 8 nitrogen and oxygen atoms in total. The van der Waals surface area contributed by atoms with E-state index in [2.05, 4.69) is 9.71 Å². The van der Waals surface area contributed by atoms with Crippen LogP contribution < -0.4 is 10.5 Å². The lowest BCUT2D eigenvalue weighted by Gasteiger charge is -2.22. The van der Waals surface area contributed by atoms with Gasteiger partial charge in [0, 0.05) is 11.3 Å². The number of sulfonamides is 1. The van der Waals surface area contributed by atoms with E-state index in [0.29, 0.717) is 0 Å². The molecular formula is C11H17N3O5S. The average molecular weight is 303 g/mol. The number of rotatable bonds is 5. The number of hydrogen-bond donors (Lipinski definition) is 4. The Labute approximate surface area is 116 Å². The largest absolute Gasteiger partial charge is 0.477 e. The number of carboxylic acid groups (broad SMARTS) is 1. The van der Waals surface area contributed by atoms with E-state index in [4.69, 9.17) is 10.8 Å². The topological polar surface area (TPSA) is 142 Å². The molecule has 9 heteroatoms. The monoisotopic (exact) mass is 303 g/mol. The SMILES string of the molecule is Cc1[nH]c(C(=O)O)c(C)c1S(=O)(=O)NC(C)(C)C(N)=O. The van der Waals surface area contributed by atoms with Crippen LogP contribution in [0, 0.1) is 13.8 Å². The summed E-state index contributed by atoms with van der Waals surface area (Å²) in [6, 6.07) is 0. The van der Waals surface area contributed by atoms with Gasteiger partial charge in [0.15, 0.2) is 0 Å². The molecule has 0 radical (unpaired) electrons. The first-order valence-electron chi connectivity index (χ1n) is 5.66. The van der Waals surface area contributed by atoms with Crippen molar-refractivity contribution in [3.05, 3.63) is 17.0 Å². The van der Waals surface area contributed by atoms with Crippen molar-refractivity contribution in [2.45, 2.75) is 38.1 Å². The van der Waals surface area contributed by atoms with Crippen molar-refractivity contribution in [1.29, 1.82) is 0 Å². The Balaban J connectivity index is 3.38. The molecule has 0 saturated carbocycles. The molecule has 0 aliphatic heterocycles. The van der Waals surface area contributed by atoms with Gasteiger partial charge >= 0.3 is 5.97 Å². The molecule has 0 aliphatic carbocycles. The van der Waals surface area contributed by atoms with E-state index in [-0.39, 0.29) is 21.8 Å². The van der Waals surface area contributed by atoms with Gasteiger partial charge in [-0.15, -0.1) is 0 Å². The standard InChI is InChI=1S/C11H17N3O5S/c1-5-7(9(15)16)13-6(2)8(5)20(18,19)14-11(3,4)10(12)17/h13-14H,1-4H3,(H2,12,17)(H,15,16). The van der Waals surface area contributed by atoms with Crippen molar-refractivity contribution >= 4 is 21.9 Å². The third-order valence-corrected chi connectivity index (χ3v) is 4.79. The molecule has 1 amide bonds. The number of aromatic carboxylic acids is 1. The van der Waals surface area contributed by atoms with E-state index in [0.717, 1.165) is 0 Å². The summed E-state index contributed by atoms with van der Waals surface area (Å²) < 4.78 is 26.8. The van der Waals surface area contributed by atoms with E-state index < -0.39 is 27.4 Å². The molecule has 5 N–H and O–H groups in total. The van der Waals surface area contributed by atoms with Crippen LogP contribution in [-0.2, 0) is 14.8 Å². The molecule has 0 aliphatic rings. The zero-order valence-corrected chi connectivity index (χ0v) is 12.4. The van der Waals surface area contributed by atoms with Gasteiger partial charge in [-0.3, -0.25) is 4.79 Å². The highest BCUT2D eigenvalue weighted by Gasteiger charge is 2.34. The fourth-order valence-corrected chi connectivity index (χ4v) is 3.62. The Hall–Kier alpha value is -1.87. The van der Waals surface area contributed by atoms with Gasteiger partial charge in [0.05, 0.1) is 0 Å². The summed E-state index contributed by atoms with van der Waals surface area (Å²) in [6.07, 6.45) is 0. The summed E-state index contributed by atoms with van der Waals surface area (Å²) in [5.74, 6) is -2.11. The number of amides is 1. The third kappa shape index (κ3) is 2.83. The lowest BCUT2D eigenvalue weighted by atomic mass is 10.1. The molecule has 0 atom stereocenters. The first-order chi connectivity index (χ1) is 8.90. The second-order valence-corrected chi connectivity index (χ2v) is 6.60. The van der Waals surface area contributed by atoms with Gasteiger partial charge in [-0.25, -0.2) is 13.2 Å². The van der Waals surface area contributed by atoms with Crippen molar-refractivity contribution in [3.8, 4) is 0 Å². The lowest BCUT2D eigenvalue weighted by Crippen LogP contribution is -2.52. The Morgan fingerprint density at radius 3 is 2.15 bits per heavy atom. The molecule has 0 saturated heterocycles. The molecule has 20 heavy (non-hydrogen) atoms. The number of aromatic amines is 1. The van der Waals surface area contributed by atoms with Crippen LogP contribution >= 0.6 is 0 Å². The number of hydrogen-bond acceptors (Lipinski definition) is 4. The van der Waals surface area contributed by atoms with E-state index in [9.17, 15) is 18.0 Å². The summed E-state index contributed by atoms with van der Waals surface area (Å²) in [5, 5.41) is 8.97. The zero-order valence-electron chi connectivity index (χ0n) is 11.6. The minimum atomic E-state index is -4.08. The summed E-state index contributed by atoms with van der Waals surface area (Å²) in [4.78, 5) is 24.5. The minimum Gasteiger partial charge on any atom is -0.477 e. The van der Waals surface area contributed by atoms with Gasteiger partial charge in [0.25, 0.3) is 0 Å². The third-order valence-electron chi connectivity index (χ3n) is 2.86. The molecule has 1 rings (SSSR count). The molecule has 0 bridgehead atoms. The number of aromatic nitrogens is 1. The Morgan fingerprint density at radius 1 is 1.30 bits per heavy atom. The fraction of sp³-hybridized carbons (Fsp3) is 0.455. The fourth-order valence-electron chi connectivity index (χ4n) is 1.79. The summed E-state index contributed by atoms with van der Waals surface area (Å²) in [6.45, 7) is 5.45. The Bertz CT molecular complexity index is 672. The highest BCUT2D eigenvalue weighted by atomic mass is 32.2. The molecule has 1 heterocycles. The molecule has 1 aromatic rings. The van der Waals surface area contributed by atoms with E-state index in [1.54, 1.807) is 0 Å². The van der Waals surface area contributed by atoms with Crippen LogP contribution in [0.3, 0.4) is 0 Å². The van der Waals surface area contributed by atoms with E-state index in [1.807, 2.05) is 0 Å². The zero-order chi connectivity index (χ0) is 15.9. The first kappa shape index (κ1) is 16.2. The first-order valence-corrected chi connectivity index (χ1v) is 7.15. The van der Waals surface area contributed by atoms with Crippen molar-refractivity contribution < 1.29 is 23.1 Å². The van der Waals surface area contributed by atoms with Gasteiger partial charge in [-0.1, -0.05) is 0 Å². The number of primary amides is 1. The van der Waals surface area contributed by atoms with Gasteiger partial charge in [0.2, 0.25) is 15.9 Å². The van der Waals surface area contributed by atoms with Crippen LogP contribution in [0.1, 0.15) is 35.6 Å². The predicted octanol–water partition coefficient (Wildman–Crippen LogP) is -0.128. The number of nitrogens with one attached hydrogen (secondary N) is 2. The van der Waals surface area contributed by atoms with Crippen LogP contribution in [0.2, 0.25) is 0 Å². The number of carbonyl (C=O) groups excluding carboxylic acids is 1. The second-order valence-electron chi connectivity index (χ2n) is 4.98. The van der Waals surface area contributed by atoms with Crippen molar-refractivity contribution in [2.24, 2.45) is 5.73 Å². The molecule has 0 aromatic carbocycles. The highest BCUT2D eigenvalue weighted by Crippen LogP contribution is 2.24. The van der Waals surface area contributed by atoms with E-state index in [1.165, 1.54) is 27.7 Å². The highest BCUT2D eigenvalue weighted by molar-refractivity contribution is 7.89. The normalized spacial score (nSPS) is 12.4. The summed E-state index contributed by atoms with van der Waals surface area (Å²) in [5.41, 5.74) is 3.67. The van der Waals surface area contributed by atoms with Crippen molar-refractivity contribution in [1.82, 2.24) is 9.71 Å². The molecule has 0 unspecified atom stereocenters. The maximum absolute atomic E-state index is 12.3. The number of H-pyrrole nitrogens is 1. The maximum atomic E-state index is 12.3. The molecular weight excluding hydrogens is 286 g/mol. The van der Waals surface area contributed by atoms with Crippen LogP contribution in [0.5, 0.6) is 0 Å². The average Bonchev–Trinajstić information content (AvgIpc) is 2.52. The lowest BCUT2D eigenvalue weighted by molar-refractivity contribution is -0.122. The van der Waals surface area contributed by atoms with Gasteiger partial charge in [-0.05, 0) is 27.7 Å². The van der Waals surface area contributed by atoms with Gasteiger partial charge < -0.3 is 15.8 Å². The Kier molecular flexibility index (Phi) is 3.97. The second kappa shape index (κ2) is 4.91. The maximum Gasteiger partial charge on any atom is 0.352 e. The molecule has 0 spiro atoms. The van der Waals surface area contributed by atoms with Crippen LogP contribution in [-0.4, -0.2) is 35.9 Å². The van der Waals surface area contributed by atoms with Crippen molar-refractivity contribution in [3.63, 3.8) is 0 Å². The number of carbonyl (C=O) groups is 2. The van der Waals surface area contributed by atoms with Crippen LogP contribution in [0.15, 0.2) is 4.90 Å². The van der Waals surface area contributed by atoms with E-state index >= 15 is 0 Å². The quantitative estimate of drug-likeness (QED) is 0.599. The van der Waals surface area contributed by atoms with Crippen molar-refractivity contribution in [2.75, 3.05) is 0 Å². The number of nitrogens with two attached hydrogens (primary N) is 1. The van der Waals surface area contributed by atoms with Gasteiger partial charge in [-0.2, -0.15) is 4.72 Å². The molecule has 112 valence electrons. The number of aryl methyl sites for hydroxylation is 1. The number of carboxylic acids is 1. The van der Waals surface area contributed by atoms with Crippen LogP contribution in [0.4, 0.5) is 0 Å². The minimum absolute atomic E-state index is 0.0720. The predicted molar refractivity (Wildman–Crippen MR) is 70.8 cm³/mol. The van der Waals surface area contributed by atoms with Crippen LogP contribution in [0.25, 0.3) is 0 Å². The summed E-state index contributed by atoms with van der Waals surface area (Å²) >= 11 is 0. The smallest absolute Gasteiger partial charge is 0.352 e. The molecule has 1 aromatic heterocycles. The van der Waals surface area contributed by atoms with Gasteiger partial charge in [0.1, 0.15) is 16.1 Å². The molecule has 0 fully saturated rings. The Morgan fingerprint density at radius 2 is 1.80 bits per heavy atom.